The highest BCUT2D eigenvalue weighted by molar-refractivity contribution is 6.11. The van der Waals surface area contributed by atoms with E-state index in [1.54, 1.807) is 24.3 Å². The molecule has 8 nitrogen and oxygen atoms in total. The average molecular weight is 449 g/mol. The molecule has 33 heavy (non-hydrogen) atoms. The molecular weight excluding hydrogens is 420 g/mol. The van der Waals surface area contributed by atoms with Crippen molar-refractivity contribution in [3.8, 4) is 0 Å². The van der Waals surface area contributed by atoms with Crippen LogP contribution in [0.15, 0.2) is 54.6 Å². The molecule has 2 saturated heterocycles. The molecule has 3 N–H and O–H groups in total. The summed E-state index contributed by atoms with van der Waals surface area (Å²) in [5.41, 5.74) is 0.499. The number of hydrogen-bond acceptors (Lipinski definition) is 5. The molecule has 0 aromatic heterocycles. The van der Waals surface area contributed by atoms with Crippen LogP contribution in [-0.2, 0) is 15.1 Å². The standard InChI is InChI=1S/C25H28N4O4/c1-2-14-25(18-7-4-3-5-8-18)23(32)29(24(33)28-25)16-21(30)17-10-12-19(13-11-17)27-22(31)20-9-6-15-26-20/h3-5,7-8,10-13,20,26H,2,6,9,14-16H2,1H3,(H,27,31)(H,28,33). The lowest BCUT2D eigenvalue weighted by molar-refractivity contribution is -0.131. The van der Waals surface area contributed by atoms with Crippen LogP contribution < -0.4 is 16.0 Å². The van der Waals surface area contributed by atoms with Gasteiger partial charge in [0.25, 0.3) is 5.91 Å². The molecule has 2 aromatic carbocycles. The molecule has 2 aliphatic rings. The maximum absolute atomic E-state index is 13.3. The number of ketones is 1. The lowest BCUT2D eigenvalue weighted by Gasteiger charge is -2.26. The van der Waals surface area contributed by atoms with Gasteiger partial charge in [0.2, 0.25) is 5.91 Å². The van der Waals surface area contributed by atoms with Crippen LogP contribution in [0.1, 0.15) is 48.5 Å². The van der Waals surface area contributed by atoms with Crippen molar-refractivity contribution in [3.63, 3.8) is 0 Å². The zero-order valence-corrected chi connectivity index (χ0v) is 18.6. The highest BCUT2D eigenvalue weighted by Crippen LogP contribution is 2.33. The first-order valence-electron chi connectivity index (χ1n) is 11.3. The van der Waals surface area contributed by atoms with Crippen molar-refractivity contribution in [1.82, 2.24) is 15.5 Å². The van der Waals surface area contributed by atoms with E-state index >= 15 is 0 Å². The number of carbonyl (C=O) groups is 4. The lowest BCUT2D eigenvalue weighted by Crippen LogP contribution is -2.44. The van der Waals surface area contributed by atoms with Crippen LogP contribution in [-0.4, -0.2) is 47.7 Å². The first-order valence-corrected chi connectivity index (χ1v) is 11.3. The Morgan fingerprint density at radius 1 is 1.09 bits per heavy atom. The molecule has 8 heteroatoms. The van der Waals surface area contributed by atoms with Gasteiger partial charge in [-0.15, -0.1) is 0 Å². The second kappa shape index (κ2) is 9.54. The van der Waals surface area contributed by atoms with Gasteiger partial charge < -0.3 is 16.0 Å². The van der Waals surface area contributed by atoms with Gasteiger partial charge >= 0.3 is 6.03 Å². The van der Waals surface area contributed by atoms with E-state index in [-0.39, 0.29) is 24.3 Å². The summed E-state index contributed by atoms with van der Waals surface area (Å²) in [5.74, 6) is -0.866. The number of carbonyl (C=O) groups excluding carboxylic acids is 4. The van der Waals surface area contributed by atoms with Crippen molar-refractivity contribution in [3.05, 3.63) is 65.7 Å². The van der Waals surface area contributed by atoms with Crippen molar-refractivity contribution in [2.45, 2.75) is 44.2 Å². The van der Waals surface area contributed by atoms with Crippen molar-refractivity contribution in [2.75, 3.05) is 18.4 Å². The Balaban J connectivity index is 1.45. The topological polar surface area (TPSA) is 108 Å². The predicted molar refractivity (Wildman–Crippen MR) is 124 cm³/mol. The van der Waals surface area contributed by atoms with Gasteiger partial charge in [0, 0.05) is 11.3 Å². The molecule has 2 heterocycles. The maximum Gasteiger partial charge on any atom is 0.325 e. The maximum atomic E-state index is 13.3. The largest absolute Gasteiger partial charge is 0.325 e. The zero-order chi connectivity index (χ0) is 23.4. The Bertz CT molecular complexity index is 1050. The molecular formula is C25H28N4O4. The number of Topliss-reactive ketones (excluding diaryl/α,β-unsaturated/α-hetero) is 1. The highest BCUT2D eigenvalue weighted by Gasteiger charge is 2.52. The van der Waals surface area contributed by atoms with Crippen LogP contribution in [0.2, 0.25) is 0 Å². The van der Waals surface area contributed by atoms with E-state index < -0.39 is 17.5 Å². The first-order chi connectivity index (χ1) is 15.9. The summed E-state index contributed by atoms with van der Waals surface area (Å²) in [5, 5.41) is 8.81. The second-order valence-electron chi connectivity index (χ2n) is 8.48. The van der Waals surface area contributed by atoms with Crippen LogP contribution >= 0.6 is 0 Å². The third kappa shape index (κ3) is 4.52. The van der Waals surface area contributed by atoms with Crippen molar-refractivity contribution in [1.29, 1.82) is 0 Å². The van der Waals surface area contributed by atoms with E-state index in [4.69, 9.17) is 0 Å². The Morgan fingerprint density at radius 2 is 1.82 bits per heavy atom. The van der Waals surface area contributed by atoms with Crippen LogP contribution in [0.4, 0.5) is 10.5 Å². The monoisotopic (exact) mass is 448 g/mol. The Hall–Kier alpha value is -3.52. The van der Waals surface area contributed by atoms with E-state index in [1.165, 1.54) is 0 Å². The summed E-state index contributed by atoms with van der Waals surface area (Å²) in [7, 11) is 0. The summed E-state index contributed by atoms with van der Waals surface area (Å²) in [6.07, 6.45) is 2.90. The van der Waals surface area contributed by atoms with E-state index in [1.807, 2.05) is 37.3 Å². The zero-order valence-electron chi connectivity index (χ0n) is 18.6. The van der Waals surface area contributed by atoms with Crippen molar-refractivity contribution >= 4 is 29.3 Å². The molecule has 2 aromatic rings. The lowest BCUT2D eigenvalue weighted by atomic mass is 9.85. The minimum absolute atomic E-state index is 0.0981. The molecule has 0 bridgehead atoms. The summed E-state index contributed by atoms with van der Waals surface area (Å²) in [4.78, 5) is 52.1. The van der Waals surface area contributed by atoms with Crippen LogP contribution in [0.3, 0.4) is 0 Å². The highest BCUT2D eigenvalue weighted by atomic mass is 16.2. The molecule has 4 rings (SSSR count). The minimum Gasteiger partial charge on any atom is -0.325 e. The summed E-state index contributed by atoms with van der Waals surface area (Å²) < 4.78 is 0. The second-order valence-corrected chi connectivity index (χ2v) is 8.48. The van der Waals surface area contributed by atoms with Gasteiger partial charge in [-0.2, -0.15) is 0 Å². The molecule has 0 radical (unpaired) electrons. The average Bonchev–Trinajstić information content (AvgIpc) is 3.44. The van der Waals surface area contributed by atoms with E-state index in [2.05, 4.69) is 16.0 Å². The molecule has 0 saturated carbocycles. The Kier molecular flexibility index (Phi) is 6.55. The van der Waals surface area contributed by atoms with E-state index in [0.717, 1.165) is 24.3 Å². The molecule has 0 spiro atoms. The Morgan fingerprint density at radius 3 is 2.45 bits per heavy atom. The molecule has 2 aliphatic heterocycles. The number of hydrogen-bond donors (Lipinski definition) is 3. The van der Waals surface area contributed by atoms with Gasteiger partial charge in [0.05, 0.1) is 12.6 Å². The molecule has 4 amide bonds. The third-order valence-corrected chi connectivity index (χ3v) is 6.22. The number of nitrogens with one attached hydrogen (secondary N) is 3. The van der Waals surface area contributed by atoms with Crippen LogP contribution in [0, 0.1) is 0 Å². The van der Waals surface area contributed by atoms with Gasteiger partial charge in [-0.05, 0) is 55.6 Å². The molecule has 2 fully saturated rings. The van der Waals surface area contributed by atoms with E-state index in [9.17, 15) is 19.2 Å². The molecule has 172 valence electrons. The number of benzene rings is 2. The third-order valence-electron chi connectivity index (χ3n) is 6.22. The first kappa shape index (κ1) is 22.7. The normalized spacial score (nSPS) is 22.3. The fourth-order valence-electron chi connectivity index (χ4n) is 4.49. The summed E-state index contributed by atoms with van der Waals surface area (Å²) in [6.45, 7) is 2.43. The van der Waals surface area contributed by atoms with Crippen LogP contribution in [0.25, 0.3) is 0 Å². The van der Waals surface area contributed by atoms with E-state index in [0.29, 0.717) is 29.7 Å². The van der Waals surface area contributed by atoms with Gasteiger partial charge in [-0.3, -0.25) is 19.3 Å². The molecule has 2 unspecified atom stereocenters. The number of urea groups is 1. The Labute approximate surface area is 192 Å². The number of anilines is 1. The van der Waals surface area contributed by atoms with Gasteiger partial charge in [0.15, 0.2) is 5.78 Å². The van der Waals surface area contributed by atoms with Crippen molar-refractivity contribution in [2.24, 2.45) is 0 Å². The SMILES string of the molecule is CCCC1(c2ccccc2)NC(=O)N(CC(=O)c2ccc(NC(=O)C3CCCN3)cc2)C1=O. The number of nitrogens with zero attached hydrogens (tertiary/aromatic N) is 1. The number of amides is 4. The van der Waals surface area contributed by atoms with Crippen LogP contribution in [0.5, 0.6) is 0 Å². The number of rotatable bonds is 8. The fourth-order valence-corrected chi connectivity index (χ4v) is 4.49. The minimum atomic E-state index is -1.16. The number of imide groups is 1. The van der Waals surface area contributed by atoms with Gasteiger partial charge in [0.1, 0.15) is 5.54 Å². The summed E-state index contributed by atoms with van der Waals surface area (Å²) >= 11 is 0. The predicted octanol–water partition coefficient (Wildman–Crippen LogP) is 2.81. The quantitative estimate of drug-likeness (QED) is 0.425. The smallest absolute Gasteiger partial charge is 0.325 e. The van der Waals surface area contributed by atoms with Gasteiger partial charge in [-0.1, -0.05) is 43.7 Å². The van der Waals surface area contributed by atoms with Gasteiger partial charge in [-0.25, -0.2) is 4.79 Å². The fraction of sp³-hybridized carbons (Fsp3) is 0.360. The summed E-state index contributed by atoms with van der Waals surface area (Å²) in [6, 6.07) is 14.8. The molecule has 0 aliphatic carbocycles. The van der Waals surface area contributed by atoms with Crippen molar-refractivity contribution < 1.29 is 19.2 Å². The molecule has 2 atom stereocenters.